The maximum Gasteiger partial charge on any atom is 0.338 e. The summed E-state index contributed by atoms with van der Waals surface area (Å²) in [5.74, 6) is -1.39. The zero-order valence-corrected chi connectivity index (χ0v) is 22.8. The maximum absolute atomic E-state index is 12.2. The van der Waals surface area contributed by atoms with Crippen molar-refractivity contribution in [2.75, 3.05) is 6.61 Å². The lowest BCUT2D eigenvalue weighted by Gasteiger charge is -2.14. The number of hydrogen-bond acceptors (Lipinski definition) is 6. The van der Waals surface area contributed by atoms with Gasteiger partial charge in [-0.1, -0.05) is 68.3 Å². The number of aryl methyl sites for hydroxylation is 1. The molecule has 0 aromatic heterocycles. The molecule has 0 saturated heterocycles. The Kier molecular flexibility index (Phi) is 9.39. The van der Waals surface area contributed by atoms with E-state index < -0.39 is 11.9 Å². The first-order valence-electron chi connectivity index (χ1n) is 12.4. The van der Waals surface area contributed by atoms with Crippen molar-refractivity contribution in [3.63, 3.8) is 0 Å². The molecular weight excluding hydrogens is 492 g/mol. The average molecular weight is 525 g/mol. The van der Waals surface area contributed by atoms with Crippen molar-refractivity contribution in [1.82, 2.24) is 0 Å². The molecule has 0 unspecified atom stereocenters. The fraction of sp³-hybridized carbons (Fsp3) is 0.182. The molecule has 6 heteroatoms. The average Bonchev–Trinajstić information content (AvgIpc) is 2.89. The van der Waals surface area contributed by atoms with Gasteiger partial charge in [-0.2, -0.15) is 0 Å². The van der Waals surface area contributed by atoms with Gasteiger partial charge in [0.15, 0.2) is 11.5 Å². The molecule has 0 saturated carbocycles. The third kappa shape index (κ3) is 7.65. The molecule has 0 fully saturated rings. The van der Waals surface area contributed by atoms with Crippen LogP contribution in [-0.2, 0) is 25.5 Å². The minimum atomic E-state index is -0.622. The predicted octanol–water partition coefficient (Wildman–Crippen LogP) is 6.95. The van der Waals surface area contributed by atoms with Crippen molar-refractivity contribution in [2.45, 2.75) is 34.1 Å². The summed E-state index contributed by atoms with van der Waals surface area (Å²) in [6.07, 6.45) is 0.618. The van der Waals surface area contributed by atoms with Gasteiger partial charge < -0.3 is 14.2 Å². The fourth-order valence-corrected chi connectivity index (χ4v) is 3.63. The second-order valence-electron chi connectivity index (χ2n) is 9.39. The van der Waals surface area contributed by atoms with Gasteiger partial charge in [-0.05, 0) is 73.2 Å². The second kappa shape index (κ2) is 12.7. The third-order valence-electron chi connectivity index (χ3n) is 5.84. The molecule has 0 aliphatic carbocycles. The summed E-state index contributed by atoms with van der Waals surface area (Å²) in [5, 5.41) is 0. The molecule has 0 atom stereocenters. The Morgan fingerprint density at radius 1 is 0.641 bits per heavy atom. The number of esters is 3. The molecule has 3 aromatic rings. The van der Waals surface area contributed by atoms with E-state index in [0.29, 0.717) is 18.6 Å². The number of ether oxygens (including phenoxy) is 3. The van der Waals surface area contributed by atoms with Crippen LogP contribution in [0, 0.1) is 6.92 Å². The molecule has 39 heavy (non-hydrogen) atoms. The molecule has 0 radical (unpaired) electrons. The molecule has 0 N–H and O–H groups in total. The van der Waals surface area contributed by atoms with Crippen LogP contribution < -0.4 is 9.47 Å². The van der Waals surface area contributed by atoms with E-state index in [9.17, 15) is 14.4 Å². The molecule has 3 rings (SSSR count). The van der Waals surface area contributed by atoms with E-state index in [1.807, 2.05) is 49.4 Å². The summed E-state index contributed by atoms with van der Waals surface area (Å²) in [6.45, 7) is 17.8. The SMILES string of the molecule is C=C(C)C(=O)OCCc1ccc(-c2ccc(-c3ccc(OC(=O)C(=C)C)c(OC(=O)C(=C)C)c3)cc2C)cc1. The van der Waals surface area contributed by atoms with E-state index in [-0.39, 0.29) is 28.6 Å². The Morgan fingerprint density at radius 2 is 1.15 bits per heavy atom. The van der Waals surface area contributed by atoms with E-state index in [0.717, 1.165) is 33.4 Å². The van der Waals surface area contributed by atoms with Crippen molar-refractivity contribution in [3.05, 3.63) is 108 Å². The van der Waals surface area contributed by atoms with E-state index >= 15 is 0 Å². The van der Waals surface area contributed by atoms with Crippen LogP contribution in [0.4, 0.5) is 0 Å². The fourth-order valence-electron chi connectivity index (χ4n) is 3.63. The van der Waals surface area contributed by atoms with E-state index in [4.69, 9.17) is 14.2 Å². The highest BCUT2D eigenvalue weighted by Gasteiger charge is 2.17. The molecular formula is C33H32O6. The molecule has 0 spiro atoms. The van der Waals surface area contributed by atoms with Gasteiger partial charge in [0.1, 0.15) is 0 Å². The van der Waals surface area contributed by atoms with Crippen molar-refractivity contribution < 1.29 is 28.6 Å². The van der Waals surface area contributed by atoms with Crippen LogP contribution in [0.3, 0.4) is 0 Å². The molecule has 0 aliphatic heterocycles. The van der Waals surface area contributed by atoms with Gasteiger partial charge >= 0.3 is 17.9 Å². The lowest BCUT2D eigenvalue weighted by atomic mass is 9.95. The van der Waals surface area contributed by atoms with Crippen molar-refractivity contribution >= 4 is 17.9 Å². The Labute approximate surface area is 229 Å². The van der Waals surface area contributed by atoms with Gasteiger partial charge in [0, 0.05) is 23.1 Å². The molecule has 0 aliphatic rings. The molecule has 0 bridgehead atoms. The van der Waals surface area contributed by atoms with Crippen LogP contribution in [0.25, 0.3) is 22.3 Å². The zero-order chi connectivity index (χ0) is 28.7. The van der Waals surface area contributed by atoms with Crippen LogP contribution in [0.1, 0.15) is 31.9 Å². The van der Waals surface area contributed by atoms with Crippen LogP contribution in [-0.4, -0.2) is 24.5 Å². The Hall–Kier alpha value is -4.71. The van der Waals surface area contributed by atoms with Crippen LogP contribution in [0.5, 0.6) is 11.5 Å². The third-order valence-corrected chi connectivity index (χ3v) is 5.84. The van der Waals surface area contributed by atoms with Gasteiger partial charge in [0.25, 0.3) is 0 Å². The normalized spacial score (nSPS) is 10.4. The molecule has 0 heterocycles. The van der Waals surface area contributed by atoms with Gasteiger partial charge in [-0.15, -0.1) is 0 Å². The minimum absolute atomic E-state index is 0.112. The van der Waals surface area contributed by atoms with Gasteiger partial charge in [0.05, 0.1) is 6.61 Å². The highest BCUT2D eigenvalue weighted by Crippen LogP contribution is 2.35. The lowest BCUT2D eigenvalue weighted by molar-refractivity contribution is -0.138. The van der Waals surface area contributed by atoms with Crippen LogP contribution in [0.15, 0.2) is 97.1 Å². The zero-order valence-electron chi connectivity index (χ0n) is 22.8. The highest BCUT2D eigenvalue weighted by atomic mass is 16.6. The summed E-state index contributed by atoms with van der Waals surface area (Å²) in [7, 11) is 0. The number of benzene rings is 3. The Balaban J connectivity index is 1.83. The monoisotopic (exact) mass is 524 g/mol. The van der Waals surface area contributed by atoms with Crippen molar-refractivity contribution in [1.29, 1.82) is 0 Å². The summed E-state index contributed by atoms with van der Waals surface area (Å²) >= 11 is 0. The summed E-state index contributed by atoms with van der Waals surface area (Å²) in [4.78, 5) is 35.8. The highest BCUT2D eigenvalue weighted by molar-refractivity contribution is 5.91. The number of carbonyl (C=O) groups is 3. The molecule has 3 aromatic carbocycles. The van der Waals surface area contributed by atoms with Gasteiger partial charge in [-0.25, -0.2) is 14.4 Å². The summed E-state index contributed by atoms with van der Waals surface area (Å²) in [6, 6.07) is 19.2. The summed E-state index contributed by atoms with van der Waals surface area (Å²) < 4.78 is 16.0. The standard InChI is InChI=1S/C33H32O6/c1-20(2)31(34)37-17-16-24-8-10-25(11-9-24)28-14-12-26(18-23(28)7)27-13-15-29(38-32(35)21(3)4)30(19-27)39-33(36)22(5)6/h8-15,18-19H,1,3,5,16-17H2,2,4,6-7H3. The van der Waals surface area contributed by atoms with Crippen molar-refractivity contribution in [2.24, 2.45) is 0 Å². The first-order chi connectivity index (χ1) is 18.5. The topological polar surface area (TPSA) is 78.9 Å². The van der Waals surface area contributed by atoms with Crippen LogP contribution in [0.2, 0.25) is 0 Å². The van der Waals surface area contributed by atoms with Gasteiger partial charge in [-0.3, -0.25) is 0 Å². The summed E-state index contributed by atoms with van der Waals surface area (Å²) in [5.41, 5.74) is 6.75. The molecule has 0 amide bonds. The van der Waals surface area contributed by atoms with E-state index in [2.05, 4.69) is 19.7 Å². The van der Waals surface area contributed by atoms with Crippen molar-refractivity contribution in [3.8, 4) is 33.8 Å². The number of rotatable bonds is 10. The van der Waals surface area contributed by atoms with Gasteiger partial charge in [0.2, 0.25) is 0 Å². The number of carbonyl (C=O) groups excluding carboxylic acids is 3. The minimum Gasteiger partial charge on any atom is -0.462 e. The quantitative estimate of drug-likeness (QED) is 0.162. The largest absolute Gasteiger partial charge is 0.462 e. The maximum atomic E-state index is 12.2. The van der Waals surface area contributed by atoms with E-state index in [1.54, 1.807) is 32.0 Å². The Bertz CT molecular complexity index is 1460. The van der Waals surface area contributed by atoms with Crippen LogP contribution >= 0.6 is 0 Å². The van der Waals surface area contributed by atoms with E-state index in [1.165, 1.54) is 6.92 Å². The molecule has 200 valence electrons. The second-order valence-corrected chi connectivity index (χ2v) is 9.39. The first kappa shape index (κ1) is 28.9. The number of hydrogen-bond donors (Lipinski definition) is 0. The lowest BCUT2D eigenvalue weighted by Crippen LogP contribution is -2.12. The predicted molar refractivity (Wildman–Crippen MR) is 152 cm³/mol. The Morgan fingerprint density at radius 3 is 1.72 bits per heavy atom. The smallest absolute Gasteiger partial charge is 0.338 e. The molecule has 6 nitrogen and oxygen atoms in total. The first-order valence-corrected chi connectivity index (χ1v) is 12.4.